The van der Waals surface area contributed by atoms with Crippen LogP contribution in [0, 0.1) is 17.0 Å². The molecular formula is C17H18N4O3. The number of benzene rings is 2. The number of fused-ring (bicyclic) bond motifs is 1. The lowest BCUT2D eigenvalue weighted by molar-refractivity contribution is -0.385. The van der Waals surface area contributed by atoms with E-state index in [1.807, 2.05) is 34.9 Å². The number of hydrogen-bond acceptors (Lipinski definition) is 5. The quantitative estimate of drug-likeness (QED) is 0.536. The third-order valence-corrected chi connectivity index (χ3v) is 3.99. The van der Waals surface area contributed by atoms with Crippen LogP contribution in [-0.2, 0) is 6.54 Å². The number of anilines is 1. The third kappa shape index (κ3) is 2.93. The Kier molecular flexibility index (Phi) is 4.43. The summed E-state index contributed by atoms with van der Waals surface area (Å²) in [7, 11) is 0. The van der Waals surface area contributed by atoms with Crippen molar-refractivity contribution in [3.63, 3.8) is 0 Å². The van der Waals surface area contributed by atoms with Crippen LogP contribution in [0.5, 0.6) is 0 Å². The zero-order chi connectivity index (χ0) is 17.1. The number of rotatable bonds is 6. The molecule has 7 heteroatoms. The number of nitro groups is 1. The van der Waals surface area contributed by atoms with Gasteiger partial charge in [-0.25, -0.2) is 4.98 Å². The van der Waals surface area contributed by atoms with Crippen molar-refractivity contribution in [1.82, 2.24) is 9.55 Å². The van der Waals surface area contributed by atoms with Crippen LogP contribution in [0.25, 0.3) is 11.0 Å². The first-order valence-corrected chi connectivity index (χ1v) is 7.64. The molecule has 1 aromatic heterocycles. The van der Waals surface area contributed by atoms with Crippen LogP contribution in [0.2, 0.25) is 0 Å². The number of nitrogens with zero attached hydrogens (tertiary/aromatic N) is 3. The van der Waals surface area contributed by atoms with Gasteiger partial charge in [-0.05, 0) is 24.6 Å². The SMILES string of the molecule is Cc1c(Cn2c(NCCO)nc3ccccc32)cccc1[N+](=O)[O-]. The minimum Gasteiger partial charge on any atom is -0.395 e. The smallest absolute Gasteiger partial charge is 0.272 e. The molecule has 0 aliphatic heterocycles. The second kappa shape index (κ2) is 6.67. The van der Waals surface area contributed by atoms with Crippen LogP contribution in [-0.4, -0.2) is 32.7 Å². The average molecular weight is 326 g/mol. The van der Waals surface area contributed by atoms with E-state index in [9.17, 15) is 10.1 Å². The largest absolute Gasteiger partial charge is 0.395 e. The van der Waals surface area contributed by atoms with Gasteiger partial charge in [-0.15, -0.1) is 0 Å². The molecule has 0 aliphatic carbocycles. The average Bonchev–Trinajstić information content (AvgIpc) is 2.92. The van der Waals surface area contributed by atoms with Gasteiger partial charge in [0.25, 0.3) is 5.69 Å². The normalized spacial score (nSPS) is 10.9. The van der Waals surface area contributed by atoms with Gasteiger partial charge in [-0.3, -0.25) is 10.1 Å². The lowest BCUT2D eigenvalue weighted by Crippen LogP contribution is -2.12. The molecule has 0 saturated heterocycles. The van der Waals surface area contributed by atoms with E-state index in [2.05, 4.69) is 10.3 Å². The molecule has 0 aliphatic rings. The highest BCUT2D eigenvalue weighted by atomic mass is 16.6. The van der Waals surface area contributed by atoms with Crippen molar-refractivity contribution < 1.29 is 10.0 Å². The summed E-state index contributed by atoms with van der Waals surface area (Å²) in [6.45, 7) is 2.60. The lowest BCUT2D eigenvalue weighted by Gasteiger charge is -2.12. The van der Waals surface area contributed by atoms with Crippen molar-refractivity contribution in [3.05, 3.63) is 63.7 Å². The van der Waals surface area contributed by atoms with E-state index in [4.69, 9.17) is 5.11 Å². The van der Waals surface area contributed by atoms with E-state index in [-0.39, 0.29) is 17.2 Å². The number of nitrogens with one attached hydrogen (secondary N) is 1. The van der Waals surface area contributed by atoms with Crippen LogP contribution in [0.4, 0.5) is 11.6 Å². The van der Waals surface area contributed by atoms with Gasteiger partial charge >= 0.3 is 0 Å². The number of para-hydroxylation sites is 2. The fraction of sp³-hybridized carbons (Fsp3) is 0.235. The van der Waals surface area contributed by atoms with Gasteiger partial charge < -0.3 is 15.0 Å². The van der Waals surface area contributed by atoms with Crippen molar-refractivity contribution in [2.75, 3.05) is 18.5 Å². The number of nitro benzene ring substituents is 1. The second-order valence-electron chi connectivity index (χ2n) is 5.48. The highest BCUT2D eigenvalue weighted by molar-refractivity contribution is 5.78. The van der Waals surface area contributed by atoms with Crippen LogP contribution >= 0.6 is 0 Å². The summed E-state index contributed by atoms with van der Waals surface area (Å²) in [6.07, 6.45) is 0. The summed E-state index contributed by atoms with van der Waals surface area (Å²) in [6, 6.07) is 12.8. The fourth-order valence-corrected chi connectivity index (χ4v) is 2.75. The second-order valence-corrected chi connectivity index (χ2v) is 5.48. The Hall–Kier alpha value is -2.93. The molecule has 1 heterocycles. The Morgan fingerprint density at radius 3 is 2.79 bits per heavy atom. The monoisotopic (exact) mass is 326 g/mol. The Bertz CT molecular complexity index is 889. The highest BCUT2D eigenvalue weighted by Gasteiger charge is 2.16. The lowest BCUT2D eigenvalue weighted by atomic mass is 10.1. The van der Waals surface area contributed by atoms with Gasteiger partial charge in [-0.2, -0.15) is 0 Å². The van der Waals surface area contributed by atoms with Crippen LogP contribution in [0.15, 0.2) is 42.5 Å². The molecule has 0 amide bonds. The molecule has 7 nitrogen and oxygen atoms in total. The van der Waals surface area contributed by atoms with E-state index in [1.54, 1.807) is 13.0 Å². The zero-order valence-corrected chi connectivity index (χ0v) is 13.3. The molecule has 3 aromatic rings. The van der Waals surface area contributed by atoms with Crippen molar-refractivity contribution in [3.8, 4) is 0 Å². The van der Waals surface area contributed by atoms with E-state index in [0.29, 0.717) is 24.6 Å². The summed E-state index contributed by atoms with van der Waals surface area (Å²) in [4.78, 5) is 15.3. The van der Waals surface area contributed by atoms with Crippen molar-refractivity contribution >= 4 is 22.7 Å². The standard InChI is InChI=1S/C17H18N4O3/c1-12-13(5-4-8-15(12)21(23)24)11-20-16-7-3-2-6-14(16)19-17(20)18-9-10-22/h2-8,22H,9-11H2,1H3,(H,18,19). The van der Waals surface area contributed by atoms with Crippen LogP contribution in [0.3, 0.4) is 0 Å². The first-order chi connectivity index (χ1) is 11.6. The van der Waals surface area contributed by atoms with E-state index < -0.39 is 0 Å². The minimum absolute atomic E-state index is 0.000951. The van der Waals surface area contributed by atoms with Gasteiger partial charge in [-0.1, -0.05) is 24.3 Å². The Morgan fingerprint density at radius 2 is 2.04 bits per heavy atom. The maximum atomic E-state index is 11.1. The molecule has 0 unspecified atom stereocenters. The summed E-state index contributed by atoms with van der Waals surface area (Å²) < 4.78 is 1.97. The molecule has 124 valence electrons. The van der Waals surface area contributed by atoms with Crippen molar-refractivity contribution in [2.45, 2.75) is 13.5 Å². The van der Waals surface area contributed by atoms with Crippen LogP contribution < -0.4 is 5.32 Å². The molecule has 2 aromatic carbocycles. The Labute approximate surface area is 138 Å². The molecule has 0 atom stereocenters. The number of hydrogen-bond donors (Lipinski definition) is 2. The molecule has 0 bridgehead atoms. The van der Waals surface area contributed by atoms with Crippen LogP contribution in [0.1, 0.15) is 11.1 Å². The first kappa shape index (κ1) is 15.9. The third-order valence-electron chi connectivity index (χ3n) is 3.99. The van der Waals surface area contributed by atoms with Gasteiger partial charge in [0.2, 0.25) is 5.95 Å². The number of aliphatic hydroxyl groups excluding tert-OH is 1. The fourth-order valence-electron chi connectivity index (χ4n) is 2.75. The number of aromatic nitrogens is 2. The molecule has 24 heavy (non-hydrogen) atoms. The summed E-state index contributed by atoms with van der Waals surface area (Å²) >= 11 is 0. The maximum Gasteiger partial charge on any atom is 0.272 e. The van der Waals surface area contributed by atoms with Crippen molar-refractivity contribution in [2.24, 2.45) is 0 Å². The summed E-state index contributed by atoms with van der Waals surface area (Å²) in [5, 5.41) is 23.3. The molecule has 2 N–H and O–H groups in total. The number of aliphatic hydroxyl groups is 1. The molecule has 0 radical (unpaired) electrons. The van der Waals surface area contributed by atoms with E-state index in [1.165, 1.54) is 6.07 Å². The molecular weight excluding hydrogens is 308 g/mol. The topological polar surface area (TPSA) is 93.2 Å². The van der Waals surface area contributed by atoms with Crippen molar-refractivity contribution in [1.29, 1.82) is 0 Å². The molecule has 3 rings (SSSR count). The summed E-state index contributed by atoms with van der Waals surface area (Å²) in [5.41, 5.74) is 3.39. The zero-order valence-electron chi connectivity index (χ0n) is 13.3. The van der Waals surface area contributed by atoms with E-state index in [0.717, 1.165) is 16.6 Å². The summed E-state index contributed by atoms with van der Waals surface area (Å²) in [5.74, 6) is 0.635. The van der Waals surface area contributed by atoms with E-state index >= 15 is 0 Å². The van der Waals surface area contributed by atoms with Gasteiger partial charge in [0.05, 0.1) is 29.1 Å². The van der Waals surface area contributed by atoms with Gasteiger partial charge in [0, 0.05) is 18.2 Å². The van der Waals surface area contributed by atoms with Gasteiger partial charge in [0.15, 0.2) is 0 Å². The molecule has 0 fully saturated rings. The minimum atomic E-state index is -0.365. The number of imidazole rings is 1. The van der Waals surface area contributed by atoms with Gasteiger partial charge in [0.1, 0.15) is 0 Å². The highest BCUT2D eigenvalue weighted by Crippen LogP contribution is 2.25. The Morgan fingerprint density at radius 1 is 1.25 bits per heavy atom. The first-order valence-electron chi connectivity index (χ1n) is 7.64. The Balaban J connectivity index is 2.06. The predicted molar refractivity (Wildman–Crippen MR) is 92.2 cm³/mol. The molecule has 0 saturated carbocycles. The maximum absolute atomic E-state index is 11.1. The molecule has 0 spiro atoms. The predicted octanol–water partition coefficient (Wildman–Crippen LogP) is 2.71.